The van der Waals surface area contributed by atoms with Crippen LogP contribution in [0.5, 0.6) is 0 Å². The van der Waals surface area contributed by atoms with Crippen LogP contribution >= 0.6 is 0 Å². The second-order valence-electron chi connectivity index (χ2n) is 8.65. The molecule has 21 heavy (non-hydrogen) atoms. The van der Waals surface area contributed by atoms with Crippen LogP contribution in [0.2, 0.25) is 0 Å². The van der Waals surface area contributed by atoms with Crippen LogP contribution in [0.4, 0.5) is 0 Å². The summed E-state index contributed by atoms with van der Waals surface area (Å²) in [5.41, 5.74) is 0.402. The van der Waals surface area contributed by atoms with Crippen molar-refractivity contribution in [2.24, 2.45) is 17.8 Å². The van der Waals surface area contributed by atoms with Crippen molar-refractivity contribution in [3.8, 4) is 0 Å². The molecule has 2 nitrogen and oxygen atoms in total. The molecule has 3 rings (SSSR count). The van der Waals surface area contributed by atoms with E-state index in [1.54, 1.807) is 0 Å². The normalized spacial score (nSPS) is 35.7. The molecular weight excluding hydrogens is 256 g/mol. The molecule has 122 valence electrons. The van der Waals surface area contributed by atoms with Crippen LogP contribution in [0.15, 0.2) is 0 Å². The van der Waals surface area contributed by atoms with E-state index in [-0.39, 0.29) is 0 Å². The first kappa shape index (κ1) is 15.8. The van der Waals surface area contributed by atoms with Gasteiger partial charge in [-0.2, -0.15) is 0 Å². The predicted molar refractivity (Wildman–Crippen MR) is 90.5 cm³/mol. The standard InChI is InChI=1S/C19H36N2/c1-15(2)18-13-20-19(3,17-10-11-17)14-21(18)12-6-9-16-7-4-5-8-16/h15-18,20H,4-14H2,1-3H3. The molecule has 0 aromatic heterocycles. The monoisotopic (exact) mass is 292 g/mol. The summed E-state index contributed by atoms with van der Waals surface area (Å²) in [7, 11) is 0. The molecule has 2 unspecified atom stereocenters. The van der Waals surface area contributed by atoms with Crippen molar-refractivity contribution in [1.29, 1.82) is 0 Å². The Labute approximate surface area is 132 Å². The highest BCUT2D eigenvalue weighted by Gasteiger charge is 2.46. The Morgan fingerprint density at radius 3 is 2.48 bits per heavy atom. The number of nitrogens with one attached hydrogen (secondary N) is 1. The van der Waals surface area contributed by atoms with E-state index in [1.165, 1.54) is 71.0 Å². The van der Waals surface area contributed by atoms with E-state index in [4.69, 9.17) is 0 Å². The van der Waals surface area contributed by atoms with Crippen LogP contribution in [0, 0.1) is 17.8 Å². The Morgan fingerprint density at radius 1 is 1.14 bits per heavy atom. The zero-order valence-corrected chi connectivity index (χ0v) is 14.5. The smallest absolute Gasteiger partial charge is 0.0309 e. The van der Waals surface area contributed by atoms with Gasteiger partial charge in [-0.05, 0) is 56.9 Å². The minimum absolute atomic E-state index is 0.402. The Kier molecular flexibility index (Phi) is 4.95. The van der Waals surface area contributed by atoms with E-state index in [0.717, 1.165) is 23.8 Å². The van der Waals surface area contributed by atoms with Crippen molar-refractivity contribution in [2.75, 3.05) is 19.6 Å². The summed E-state index contributed by atoms with van der Waals surface area (Å²) >= 11 is 0. The van der Waals surface area contributed by atoms with E-state index in [2.05, 4.69) is 31.0 Å². The Hall–Kier alpha value is -0.0800. The van der Waals surface area contributed by atoms with Crippen molar-refractivity contribution < 1.29 is 0 Å². The lowest BCUT2D eigenvalue weighted by Gasteiger charge is -2.48. The van der Waals surface area contributed by atoms with Gasteiger partial charge in [0.25, 0.3) is 0 Å². The summed E-state index contributed by atoms with van der Waals surface area (Å²) in [5, 5.41) is 3.91. The molecule has 0 aromatic carbocycles. The summed E-state index contributed by atoms with van der Waals surface area (Å²) in [6.45, 7) is 11.1. The van der Waals surface area contributed by atoms with Gasteiger partial charge in [0.05, 0.1) is 0 Å². The summed E-state index contributed by atoms with van der Waals surface area (Å²) in [6, 6.07) is 0.750. The highest BCUT2D eigenvalue weighted by Crippen LogP contribution is 2.42. The lowest BCUT2D eigenvalue weighted by atomic mass is 9.87. The van der Waals surface area contributed by atoms with Gasteiger partial charge in [0, 0.05) is 24.7 Å². The molecule has 0 bridgehead atoms. The number of nitrogens with zero attached hydrogens (tertiary/aromatic N) is 1. The third kappa shape index (κ3) is 3.82. The lowest BCUT2D eigenvalue weighted by molar-refractivity contribution is 0.0503. The molecule has 1 saturated heterocycles. The molecule has 2 atom stereocenters. The van der Waals surface area contributed by atoms with Crippen LogP contribution in [-0.2, 0) is 0 Å². The lowest BCUT2D eigenvalue weighted by Crippen LogP contribution is -2.65. The molecule has 0 amide bonds. The van der Waals surface area contributed by atoms with Crippen molar-refractivity contribution in [3.63, 3.8) is 0 Å². The molecule has 1 aliphatic heterocycles. The van der Waals surface area contributed by atoms with Gasteiger partial charge in [-0.25, -0.2) is 0 Å². The van der Waals surface area contributed by atoms with Gasteiger partial charge in [0.1, 0.15) is 0 Å². The number of hydrogen-bond donors (Lipinski definition) is 1. The van der Waals surface area contributed by atoms with Crippen molar-refractivity contribution >= 4 is 0 Å². The predicted octanol–water partition coefficient (Wildman–Crippen LogP) is 4.06. The summed E-state index contributed by atoms with van der Waals surface area (Å²) in [5.74, 6) is 2.77. The van der Waals surface area contributed by atoms with Crippen molar-refractivity contribution in [2.45, 2.75) is 83.7 Å². The third-order valence-electron chi connectivity index (χ3n) is 6.50. The minimum Gasteiger partial charge on any atom is -0.308 e. The van der Waals surface area contributed by atoms with E-state index in [0.29, 0.717) is 5.54 Å². The average Bonchev–Trinajstić information content (AvgIpc) is 3.18. The third-order valence-corrected chi connectivity index (χ3v) is 6.50. The maximum atomic E-state index is 3.91. The fraction of sp³-hybridized carbons (Fsp3) is 1.00. The zero-order chi connectivity index (χ0) is 14.9. The SMILES string of the molecule is CC(C)C1CNC(C)(C2CC2)CN1CCCC1CCCC1. The second kappa shape index (κ2) is 6.58. The first-order chi connectivity index (χ1) is 10.1. The van der Waals surface area contributed by atoms with Gasteiger partial charge in [-0.3, -0.25) is 4.90 Å². The van der Waals surface area contributed by atoms with Gasteiger partial charge >= 0.3 is 0 Å². The van der Waals surface area contributed by atoms with Crippen molar-refractivity contribution in [1.82, 2.24) is 10.2 Å². The second-order valence-corrected chi connectivity index (χ2v) is 8.65. The highest BCUT2D eigenvalue weighted by molar-refractivity contribution is 5.04. The average molecular weight is 293 g/mol. The van der Waals surface area contributed by atoms with Crippen LogP contribution in [0.3, 0.4) is 0 Å². The largest absolute Gasteiger partial charge is 0.308 e. The molecule has 0 aromatic rings. The van der Waals surface area contributed by atoms with E-state index in [1.807, 2.05) is 0 Å². The molecule has 3 fully saturated rings. The van der Waals surface area contributed by atoms with E-state index >= 15 is 0 Å². The molecule has 1 N–H and O–H groups in total. The molecule has 2 aliphatic carbocycles. The number of rotatable bonds is 6. The van der Waals surface area contributed by atoms with E-state index in [9.17, 15) is 0 Å². The zero-order valence-electron chi connectivity index (χ0n) is 14.5. The number of hydrogen-bond acceptors (Lipinski definition) is 2. The maximum Gasteiger partial charge on any atom is 0.0309 e. The first-order valence-corrected chi connectivity index (χ1v) is 9.57. The Bertz CT molecular complexity index is 330. The molecular formula is C19H36N2. The maximum absolute atomic E-state index is 3.91. The molecule has 0 spiro atoms. The van der Waals surface area contributed by atoms with Gasteiger partial charge in [0.2, 0.25) is 0 Å². The molecule has 1 heterocycles. The van der Waals surface area contributed by atoms with Crippen molar-refractivity contribution in [3.05, 3.63) is 0 Å². The molecule has 3 aliphatic rings. The highest BCUT2D eigenvalue weighted by atomic mass is 15.3. The molecule has 0 radical (unpaired) electrons. The quantitative estimate of drug-likeness (QED) is 0.794. The molecule has 2 heteroatoms. The minimum atomic E-state index is 0.402. The van der Waals surface area contributed by atoms with Crippen LogP contribution < -0.4 is 5.32 Å². The van der Waals surface area contributed by atoms with Crippen LogP contribution in [-0.4, -0.2) is 36.1 Å². The Morgan fingerprint density at radius 2 is 1.86 bits per heavy atom. The van der Waals surface area contributed by atoms with E-state index < -0.39 is 0 Å². The van der Waals surface area contributed by atoms with Gasteiger partial charge in [-0.1, -0.05) is 39.5 Å². The summed E-state index contributed by atoms with van der Waals surface area (Å²) < 4.78 is 0. The topological polar surface area (TPSA) is 15.3 Å². The number of piperazine rings is 1. The fourth-order valence-corrected chi connectivity index (χ4v) is 4.84. The first-order valence-electron chi connectivity index (χ1n) is 9.57. The summed E-state index contributed by atoms with van der Waals surface area (Å²) in [6.07, 6.45) is 11.8. The molecule has 2 saturated carbocycles. The van der Waals surface area contributed by atoms with Gasteiger partial charge < -0.3 is 5.32 Å². The Balaban J connectivity index is 1.52. The summed E-state index contributed by atoms with van der Waals surface area (Å²) in [4.78, 5) is 2.84. The van der Waals surface area contributed by atoms with Crippen LogP contribution in [0.25, 0.3) is 0 Å². The fourth-order valence-electron chi connectivity index (χ4n) is 4.84. The van der Waals surface area contributed by atoms with Crippen LogP contribution in [0.1, 0.15) is 72.1 Å². The van der Waals surface area contributed by atoms with Gasteiger partial charge in [-0.15, -0.1) is 0 Å². The van der Waals surface area contributed by atoms with Gasteiger partial charge in [0.15, 0.2) is 0 Å².